The monoisotopic (exact) mass is 172 g/mol. The maximum absolute atomic E-state index is 9.99. The number of hydrogen-bond donors (Lipinski definition) is 4. The van der Waals surface area contributed by atoms with Crippen LogP contribution < -0.4 is 0 Å². The minimum atomic E-state index is -5.04. The molecule has 0 rings (SSSR count). The van der Waals surface area contributed by atoms with Crippen LogP contribution in [0.1, 0.15) is 6.92 Å². The summed E-state index contributed by atoms with van der Waals surface area (Å²) in [6, 6.07) is 0. The molecule has 0 saturated heterocycles. The van der Waals surface area contributed by atoms with Crippen molar-refractivity contribution < 1.29 is 28.3 Å². The first kappa shape index (κ1) is 9.79. The molecule has 0 spiro atoms. The van der Waals surface area contributed by atoms with E-state index in [1.54, 1.807) is 0 Å². The van der Waals surface area contributed by atoms with E-state index < -0.39 is 21.3 Å². The average Bonchev–Trinajstić information content (AvgIpc) is 1.62. The zero-order valence-corrected chi connectivity index (χ0v) is 5.91. The van der Waals surface area contributed by atoms with E-state index in [1.807, 2.05) is 0 Å². The van der Waals surface area contributed by atoms with Gasteiger partial charge in [-0.3, -0.25) is 4.55 Å². The van der Waals surface area contributed by atoms with Crippen molar-refractivity contribution in [1.29, 1.82) is 0 Å². The Morgan fingerprint density at radius 1 is 1.40 bits per heavy atom. The van der Waals surface area contributed by atoms with Gasteiger partial charge in [0.2, 0.25) is 0 Å². The molecular weight excluding hydrogens is 164 g/mol. The van der Waals surface area contributed by atoms with Gasteiger partial charge < -0.3 is 15.3 Å². The summed E-state index contributed by atoms with van der Waals surface area (Å²) in [5, 5.41) is 21.7. The number of aliphatic hydroxyl groups excluding tert-OH is 1. The molecule has 0 aromatic heterocycles. The molecule has 1 atom stereocenters. The Kier molecular flexibility index (Phi) is 2.39. The molecule has 0 bridgehead atoms. The van der Waals surface area contributed by atoms with Crippen LogP contribution in [-0.2, 0) is 10.1 Å². The molecular formula is C3H8O6S. The second-order valence-electron chi connectivity index (χ2n) is 1.81. The van der Waals surface area contributed by atoms with Gasteiger partial charge >= 0.3 is 15.2 Å². The lowest BCUT2D eigenvalue weighted by molar-refractivity contribution is -0.157. The van der Waals surface area contributed by atoms with Gasteiger partial charge in [0.1, 0.15) is 6.10 Å². The predicted molar refractivity (Wildman–Crippen MR) is 30.4 cm³/mol. The Labute approximate surface area is 57.5 Å². The molecule has 0 aliphatic rings. The van der Waals surface area contributed by atoms with Crippen LogP contribution >= 0.6 is 0 Å². The summed E-state index contributed by atoms with van der Waals surface area (Å²) < 4.78 is 28.0. The normalized spacial score (nSPS) is 16.9. The number of rotatable bonds is 2. The van der Waals surface area contributed by atoms with Crippen molar-refractivity contribution in [2.24, 2.45) is 0 Å². The lowest BCUT2D eigenvalue weighted by Gasteiger charge is -2.19. The maximum atomic E-state index is 9.99. The molecule has 10 heavy (non-hydrogen) atoms. The second kappa shape index (κ2) is 2.44. The van der Waals surface area contributed by atoms with Gasteiger partial charge in [-0.1, -0.05) is 0 Å². The summed E-state index contributed by atoms with van der Waals surface area (Å²) in [4.78, 5) is 0. The summed E-state index contributed by atoms with van der Waals surface area (Å²) in [5.41, 5.74) is 0. The fourth-order valence-electron chi connectivity index (χ4n) is 0.216. The van der Waals surface area contributed by atoms with Gasteiger partial charge in [-0.25, -0.2) is 0 Å². The van der Waals surface area contributed by atoms with Crippen LogP contribution in [0.4, 0.5) is 0 Å². The van der Waals surface area contributed by atoms with Crippen molar-refractivity contribution in [3.63, 3.8) is 0 Å². The quantitative estimate of drug-likeness (QED) is 0.280. The highest BCUT2D eigenvalue weighted by atomic mass is 32.2. The van der Waals surface area contributed by atoms with Crippen molar-refractivity contribution in [3.8, 4) is 0 Å². The third-order valence-corrected chi connectivity index (χ3v) is 2.02. The Morgan fingerprint density at radius 2 is 1.70 bits per heavy atom. The van der Waals surface area contributed by atoms with Gasteiger partial charge in [-0.2, -0.15) is 8.42 Å². The Morgan fingerprint density at radius 3 is 1.70 bits per heavy atom. The summed E-state index contributed by atoms with van der Waals surface area (Å²) in [5.74, 6) is 0. The molecule has 0 aromatic carbocycles. The highest BCUT2D eigenvalue weighted by molar-refractivity contribution is 7.86. The maximum Gasteiger partial charge on any atom is 0.324 e. The van der Waals surface area contributed by atoms with E-state index in [0.29, 0.717) is 0 Å². The van der Waals surface area contributed by atoms with Crippen LogP contribution in [-0.4, -0.2) is 39.5 Å². The Bertz CT molecular complexity index is 201. The van der Waals surface area contributed by atoms with E-state index in [0.717, 1.165) is 6.92 Å². The van der Waals surface area contributed by atoms with Crippen LogP contribution in [0.15, 0.2) is 0 Å². The lowest BCUT2D eigenvalue weighted by atomic mass is 10.4. The van der Waals surface area contributed by atoms with E-state index in [1.165, 1.54) is 0 Å². The lowest BCUT2D eigenvalue weighted by Crippen LogP contribution is -2.47. The van der Waals surface area contributed by atoms with E-state index in [9.17, 15) is 8.42 Å². The number of hydrogen-bond acceptors (Lipinski definition) is 5. The largest absolute Gasteiger partial charge is 0.386 e. The van der Waals surface area contributed by atoms with E-state index in [-0.39, 0.29) is 0 Å². The molecule has 62 valence electrons. The molecule has 0 aromatic rings. The number of aliphatic hydroxyl groups is 3. The first-order valence-electron chi connectivity index (χ1n) is 2.29. The summed E-state index contributed by atoms with van der Waals surface area (Å²) >= 11 is 0. The first-order chi connectivity index (χ1) is 4.19. The molecule has 0 aliphatic carbocycles. The molecule has 0 radical (unpaired) electrons. The van der Waals surface area contributed by atoms with Gasteiger partial charge in [0.15, 0.2) is 0 Å². The molecule has 7 heteroatoms. The van der Waals surface area contributed by atoms with Crippen molar-refractivity contribution in [3.05, 3.63) is 0 Å². The minimum Gasteiger partial charge on any atom is -0.386 e. The molecule has 4 N–H and O–H groups in total. The van der Waals surface area contributed by atoms with Gasteiger partial charge in [-0.15, -0.1) is 0 Å². The third kappa shape index (κ3) is 1.64. The second-order valence-corrected chi connectivity index (χ2v) is 3.36. The van der Waals surface area contributed by atoms with E-state index in [4.69, 9.17) is 19.9 Å². The summed E-state index contributed by atoms with van der Waals surface area (Å²) in [6.45, 7) is 0.813. The van der Waals surface area contributed by atoms with Gasteiger partial charge in [0.05, 0.1) is 0 Å². The SMILES string of the molecule is CC(O)C(O)(O)S(=O)(=O)O. The van der Waals surface area contributed by atoms with Crippen molar-refractivity contribution >= 4 is 10.1 Å². The van der Waals surface area contributed by atoms with Crippen LogP contribution in [0.5, 0.6) is 0 Å². The fraction of sp³-hybridized carbons (Fsp3) is 1.00. The molecule has 0 fully saturated rings. The third-order valence-electron chi connectivity index (χ3n) is 0.924. The standard InChI is InChI=1S/C3H8O6S/c1-2(4)3(5,6)10(7,8)9/h2,4-6H,1H3,(H,7,8,9). The van der Waals surface area contributed by atoms with Gasteiger partial charge in [-0.05, 0) is 6.92 Å². The van der Waals surface area contributed by atoms with Crippen LogP contribution in [0, 0.1) is 0 Å². The van der Waals surface area contributed by atoms with E-state index >= 15 is 0 Å². The Balaban J connectivity index is 4.76. The molecule has 0 aliphatic heterocycles. The molecule has 1 unspecified atom stereocenters. The average molecular weight is 172 g/mol. The van der Waals surface area contributed by atoms with E-state index in [2.05, 4.69) is 0 Å². The van der Waals surface area contributed by atoms with Crippen LogP contribution in [0.2, 0.25) is 0 Å². The van der Waals surface area contributed by atoms with Gasteiger partial charge in [0.25, 0.3) is 0 Å². The molecule has 6 nitrogen and oxygen atoms in total. The summed E-state index contributed by atoms with van der Waals surface area (Å²) in [6.07, 6.45) is -1.97. The first-order valence-corrected chi connectivity index (χ1v) is 3.73. The molecule has 0 amide bonds. The zero-order chi connectivity index (χ0) is 8.58. The van der Waals surface area contributed by atoms with Crippen molar-refractivity contribution in [2.75, 3.05) is 0 Å². The van der Waals surface area contributed by atoms with Gasteiger partial charge in [0, 0.05) is 0 Å². The molecule has 0 saturated carbocycles. The summed E-state index contributed by atoms with van der Waals surface area (Å²) in [7, 11) is -5.04. The predicted octanol–water partition coefficient (Wildman–Crippen LogP) is -2.11. The minimum absolute atomic E-state index is 0.813. The zero-order valence-electron chi connectivity index (χ0n) is 5.09. The van der Waals surface area contributed by atoms with Crippen LogP contribution in [0.3, 0.4) is 0 Å². The fourth-order valence-corrected chi connectivity index (χ4v) is 0.647. The van der Waals surface area contributed by atoms with Crippen molar-refractivity contribution in [1.82, 2.24) is 0 Å². The topological polar surface area (TPSA) is 115 Å². The van der Waals surface area contributed by atoms with Crippen LogP contribution in [0.25, 0.3) is 0 Å². The smallest absolute Gasteiger partial charge is 0.324 e. The highest BCUT2D eigenvalue weighted by Crippen LogP contribution is 2.12. The highest BCUT2D eigenvalue weighted by Gasteiger charge is 2.43. The Hall–Kier alpha value is -0.210. The van der Waals surface area contributed by atoms with Crippen molar-refractivity contribution in [2.45, 2.75) is 18.1 Å². The molecule has 0 heterocycles.